The average Bonchev–Trinajstić information content (AvgIpc) is 2.80. The summed E-state index contributed by atoms with van der Waals surface area (Å²) in [7, 11) is 4.95. The van der Waals surface area contributed by atoms with E-state index in [0.29, 0.717) is 23.5 Å². The summed E-state index contributed by atoms with van der Waals surface area (Å²) in [6, 6.07) is 4.36. The summed E-state index contributed by atoms with van der Waals surface area (Å²) in [6.07, 6.45) is 4.88. The standard InChI is InChI=1S/C24H39N3O4/c1-17-8-6-7-9-20(17)25-24(28)18(2)27-14-12-26(13-15-27)16-19-10-11-21(29-3)23(31-5)22(19)30-4/h10-11,17-18,20H,6-9,12-16H2,1-5H3,(H,25,28)/p+2/t17-,18-,20+/m1/s1. The van der Waals surface area contributed by atoms with Gasteiger partial charge in [-0.2, -0.15) is 0 Å². The van der Waals surface area contributed by atoms with E-state index in [1.165, 1.54) is 29.1 Å². The summed E-state index contributed by atoms with van der Waals surface area (Å²) in [4.78, 5) is 15.8. The Morgan fingerprint density at radius 3 is 2.32 bits per heavy atom. The Balaban J connectivity index is 1.54. The van der Waals surface area contributed by atoms with Gasteiger partial charge in [0.05, 0.1) is 26.9 Å². The zero-order valence-electron chi connectivity index (χ0n) is 19.9. The van der Waals surface area contributed by atoms with Crippen molar-refractivity contribution in [2.24, 2.45) is 5.92 Å². The van der Waals surface area contributed by atoms with Crippen molar-refractivity contribution in [2.45, 2.75) is 58.2 Å². The van der Waals surface area contributed by atoms with Gasteiger partial charge in [-0.3, -0.25) is 4.79 Å². The van der Waals surface area contributed by atoms with E-state index in [0.717, 1.165) is 50.5 Å². The highest BCUT2D eigenvalue weighted by Crippen LogP contribution is 2.39. The minimum atomic E-state index is 0.00583. The Hall–Kier alpha value is -1.99. The number of nitrogens with one attached hydrogen (secondary N) is 3. The van der Waals surface area contributed by atoms with Crippen molar-refractivity contribution in [1.29, 1.82) is 0 Å². The van der Waals surface area contributed by atoms with Crippen LogP contribution in [0.4, 0.5) is 0 Å². The van der Waals surface area contributed by atoms with Crippen LogP contribution in [0.1, 0.15) is 45.1 Å². The van der Waals surface area contributed by atoms with Crippen LogP contribution >= 0.6 is 0 Å². The quantitative estimate of drug-likeness (QED) is 0.541. The summed E-state index contributed by atoms with van der Waals surface area (Å²) in [5.41, 5.74) is 1.12. The summed E-state index contributed by atoms with van der Waals surface area (Å²) < 4.78 is 16.6. The molecule has 1 heterocycles. The highest BCUT2D eigenvalue weighted by atomic mass is 16.5. The molecule has 1 aromatic rings. The fourth-order valence-corrected chi connectivity index (χ4v) is 5.13. The first-order valence-corrected chi connectivity index (χ1v) is 11.7. The molecule has 7 nitrogen and oxygen atoms in total. The van der Waals surface area contributed by atoms with Crippen LogP contribution in [-0.2, 0) is 11.3 Å². The molecule has 7 heteroatoms. The van der Waals surface area contributed by atoms with Gasteiger partial charge in [0.25, 0.3) is 5.91 Å². The highest BCUT2D eigenvalue weighted by molar-refractivity contribution is 5.80. The van der Waals surface area contributed by atoms with Gasteiger partial charge in [0, 0.05) is 6.04 Å². The lowest BCUT2D eigenvalue weighted by atomic mass is 9.86. The van der Waals surface area contributed by atoms with Crippen LogP contribution in [0.2, 0.25) is 0 Å². The van der Waals surface area contributed by atoms with E-state index in [-0.39, 0.29) is 11.9 Å². The first-order valence-electron chi connectivity index (χ1n) is 11.7. The van der Waals surface area contributed by atoms with Crippen LogP contribution < -0.4 is 29.3 Å². The Kier molecular flexibility index (Phi) is 8.43. The number of piperazine rings is 1. The minimum Gasteiger partial charge on any atom is -0.493 e. The smallest absolute Gasteiger partial charge is 0.278 e. The molecule has 0 radical (unpaired) electrons. The maximum Gasteiger partial charge on any atom is 0.278 e. The zero-order valence-corrected chi connectivity index (χ0v) is 19.9. The van der Waals surface area contributed by atoms with Gasteiger partial charge in [-0.15, -0.1) is 0 Å². The van der Waals surface area contributed by atoms with Gasteiger partial charge in [0.2, 0.25) is 5.75 Å². The number of ether oxygens (including phenoxy) is 3. The lowest BCUT2D eigenvalue weighted by molar-refractivity contribution is -1.02. The van der Waals surface area contributed by atoms with E-state index >= 15 is 0 Å². The zero-order chi connectivity index (χ0) is 22.4. The SMILES string of the molecule is COc1ccc(C[NH+]2CC[NH+]([C@H](C)C(=O)N[C@H]3CCCC[C@H]3C)CC2)c(OC)c1OC. The van der Waals surface area contributed by atoms with Crippen molar-refractivity contribution < 1.29 is 28.8 Å². The molecule has 1 saturated heterocycles. The molecule has 1 aliphatic carbocycles. The fraction of sp³-hybridized carbons (Fsp3) is 0.708. The Bertz CT molecular complexity index is 734. The van der Waals surface area contributed by atoms with E-state index < -0.39 is 0 Å². The third kappa shape index (κ3) is 5.63. The molecule has 1 aliphatic heterocycles. The van der Waals surface area contributed by atoms with Crippen molar-refractivity contribution in [3.05, 3.63) is 17.7 Å². The highest BCUT2D eigenvalue weighted by Gasteiger charge is 2.33. The summed E-state index contributed by atoms with van der Waals surface area (Å²) >= 11 is 0. The van der Waals surface area contributed by atoms with Gasteiger partial charge in [-0.25, -0.2) is 0 Å². The molecule has 1 saturated carbocycles. The molecule has 3 atom stereocenters. The molecule has 2 fully saturated rings. The van der Waals surface area contributed by atoms with Crippen molar-refractivity contribution in [2.75, 3.05) is 47.5 Å². The van der Waals surface area contributed by atoms with Crippen LogP contribution in [0.25, 0.3) is 0 Å². The van der Waals surface area contributed by atoms with Crippen LogP contribution in [0.3, 0.4) is 0 Å². The molecule has 0 spiro atoms. The van der Waals surface area contributed by atoms with Crippen LogP contribution in [-0.4, -0.2) is 65.5 Å². The number of methoxy groups -OCH3 is 3. The minimum absolute atomic E-state index is 0.00583. The van der Waals surface area contributed by atoms with Gasteiger partial charge in [-0.1, -0.05) is 19.8 Å². The summed E-state index contributed by atoms with van der Waals surface area (Å²) in [5, 5.41) is 3.35. The third-order valence-corrected chi connectivity index (χ3v) is 7.27. The van der Waals surface area contributed by atoms with Crippen molar-refractivity contribution in [3.63, 3.8) is 0 Å². The monoisotopic (exact) mass is 435 g/mol. The molecule has 0 unspecified atom stereocenters. The largest absolute Gasteiger partial charge is 0.493 e. The normalized spacial score (nSPS) is 27.3. The Morgan fingerprint density at radius 1 is 1.03 bits per heavy atom. The maximum atomic E-state index is 12.9. The van der Waals surface area contributed by atoms with Crippen LogP contribution in [0, 0.1) is 5.92 Å². The first kappa shape index (κ1) is 23.7. The molecule has 3 N–H and O–H groups in total. The van der Waals surface area contributed by atoms with Crippen molar-refractivity contribution in [1.82, 2.24) is 5.32 Å². The number of benzene rings is 1. The number of amides is 1. The van der Waals surface area contributed by atoms with Crippen LogP contribution in [0.5, 0.6) is 17.2 Å². The second-order valence-corrected chi connectivity index (χ2v) is 9.18. The second kappa shape index (κ2) is 11.0. The molecule has 174 valence electrons. The fourth-order valence-electron chi connectivity index (χ4n) is 5.13. The average molecular weight is 436 g/mol. The van der Waals surface area contributed by atoms with E-state index in [9.17, 15) is 4.79 Å². The number of hydrogen-bond donors (Lipinski definition) is 3. The first-order chi connectivity index (χ1) is 15.0. The van der Waals surface area contributed by atoms with Crippen molar-refractivity contribution in [3.8, 4) is 17.2 Å². The molecule has 3 rings (SSSR count). The molecule has 31 heavy (non-hydrogen) atoms. The van der Waals surface area contributed by atoms with E-state index in [2.05, 4.69) is 25.2 Å². The van der Waals surface area contributed by atoms with Gasteiger partial charge >= 0.3 is 0 Å². The number of hydrogen-bond acceptors (Lipinski definition) is 4. The van der Waals surface area contributed by atoms with Gasteiger partial charge in [0.1, 0.15) is 32.7 Å². The molecule has 1 amide bonds. The predicted molar refractivity (Wildman–Crippen MR) is 120 cm³/mol. The molecular weight excluding hydrogens is 394 g/mol. The summed E-state index contributed by atoms with van der Waals surface area (Å²) in [6.45, 7) is 9.29. The number of quaternary nitrogens is 2. The molecule has 2 aliphatic rings. The maximum absolute atomic E-state index is 12.9. The predicted octanol–water partition coefficient (Wildman–Crippen LogP) is 0.0792. The summed E-state index contributed by atoms with van der Waals surface area (Å²) in [5.74, 6) is 2.89. The van der Waals surface area contributed by atoms with E-state index in [4.69, 9.17) is 14.2 Å². The molecule has 1 aromatic carbocycles. The van der Waals surface area contributed by atoms with Gasteiger partial charge in [0.15, 0.2) is 17.5 Å². The molecular formula is C24H41N3O4+2. The van der Waals surface area contributed by atoms with E-state index in [1.807, 2.05) is 6.07 Å². The molecule has 0 bridgehead atoms. The number of rotatable bonds is 8. The number of carbonyl (C=O) groups excluding carboxylic acids is 1. The topological polar surface area (TPSA) is 65.7 Å². The lowest BCUT2D eigenvalue weighted by Crippen LogP contribution is -3.29. The van der Waals surface area contributed by atoms with Crippen LogP contribution in [0.15, 0.2) is 12.1 Å². The third-order valence-electron chi connectivity index (χ3n) is 7.27. The molecule has 0 aromatic heterocycles. The Morgan fingerprint density at radius 2 is 1.71 bits per heavy atom. The number of carbonyl (C=O) groups is 1. The van der Waals surface area contributed by atoms with Gasteiger partial charge in [-0.05, 0) is 37.8 Å². The Labute approximate surface area is 187 Å². The van der Waals surface area contributed by atoms with E-state index in [1.54, 1.807) is 21.3 Å². The van der Waals surface area contributed by atoms with Gasteiger partial charge < -0.3 is 29.3 Å². The lowest BCUT2D eigenvalue weighted by Gasteiger charge is -2.35. The van der Waals surface area contributed by atoms with Crippen molar-refractivity contribution >= 4 is 5.91 Å². The second-order valence-electron chi connectivity index (χ2n) is 9.18.